The van der Waals surface area contributed by atoms with Crippen LogP contribution in [0.4, 0.5) is 0 Å². The van der Waals surface area contributed by atoms with Gasteiger partial charge >= 0.3 is 5.97 Å². The van der Waals surface area contributed by atoms with E-state index in [-0.39, 0.29) is 19.3 Å². The minimum atomic E-state index is -0.922. The monoisotopic (exact) mass is 220 g/mol. The molecule has 1 aliphatic heterocycles. The standard InChI is InChI=1S/C9H16O6/c1-5-9(14-4-7(11)13-2)8(12)6(3-10)15-5/h5-6,8-10,12H,3-4H2,1-2H3/t5-,6+,8?,9?/m0/s1. The quantitative estimate of drug-likeness (QED) is 0.572. The molecule has 1 saturated heterocycles. The van der Waals surface area contributed by atoms with Crippen LogP contribution in [0.15, 0.2) is 0 Å². The molecule has 6 nitrogen and oxygen atoms in total. The van der Waals surface area contributed by atoms with Crippen molar-refractivity contribution in [2.75, 3.05) is 20.3 Å². The lowest BCUT2D eigenvalue weighted by molar-refractivity contribution is -0.150. The van der Waals surface area contributed by atoms with E-state index in [2.05, 4.69) is 4.74 Å². The summed E-state index contributed by atoms with van der Waals surface area (Å²) in [6.07, 6.45) is -2.54. The number of hydrogen-bond donors (Lipinski definition) is 2. The van der Waals surface area contributed by atoms with Crippen LogP contribution in [0.3, 0.4) is 0 Å². The van der Waals surface area contributed by atoms with Gasteiger partial charge in [0.2, 0.25) is 0 Å². The van der Waals surface area contributed by atoms with Crippen molar-refractivity contribution in [3.63, 3.8) is 0 Å². The third kappa shape index (κ3) is 2.88. The SMILES string of the molecule is COC(=O)COC1C(O)[C@@H](CO)O[C@H]1C. The molecule has 2 N–H and O–H groups in total. The fourth-order valence-electron chi connectivity index (χ4n) is 1.53. The van der Waals surface area contributed by atoms with Crippen LogP contribution in [-0.2, 0) is 19.0 Å². The van der Waals surface area contributed by atoms with Crippen LogP contribution in [0.2, 0.25) is 0 Å². The number of carbonyl (C=O) groups is 1. The molecule has 88 valence electrons. The lowest BCUT2D eigenvalue weighted by Crippen LogP contribution is -2.37. The fraction of sp³-hybridized carbons (Fsp3) is 0.889. The number of rotatable bonds is 4. The molecule has 0 bridgehead atoms. The highest BCUT2D eigenvalue weighted by Gasteiger charge is 2.41. The highest BCUT2D eigenvalue weighted by molar-refractivity contribution is 5.70. The number of ether oxygens (including phenoxy) is 3. The Morgan fingerprint density at radius 1 is 1.53 bits per heavy atom. The maximum atomic E-state index is 10.8. The number of carbonyl (C=O) groups excluding carboxylic acids is 1. The first kappa shape index (κ1) is 12.4. The van der Waals surface area contributed by atoms with Gasteiger partial charge in [0.05, 0.1) is 19.8 Å². The number of aliphatic hydroxyl groups is 2. The summed E-state index contributed by atoms with van der Waals surface area (Å²) in [6.45, 7) is 1.20. The molecular formula is C9H16O6. The maximum absolute atomic E-state index is 10.8. The number of esters is 1. The Morgan fingerprint density at radius 3 is 2.67 bits per heavy atom. The largest absolute Gasteiger partial charge is 0.467 e. The van der Waals surface area contributed by atoms with Crippen molar-refractivity contribution in [3.05, 3.63) is 0 Å². The van der Waals surface area contributed by atoms with Crippen molar-refractivity contribution in [1.29, 1.82) is 0 Å². The van der Waals surface area contributed by atoms with Crippen molar-refractivity contribution >= 4 is 5.97 Å². The van der Waals surface area contributed by atoms with E-state index in [0.717, 1.165) is 0 Å². The lowest BCUT2D eigenvalue weighted by atomic mass is 10.1. The summed E-state index contributed by atoms with van der Waals surface area (Å²) in [6, 6.07) is 0. The average Bonchev–Trinajstić information content (AvgIpc) is 2.51. The Bertz CT molecular complexity index is 219. The van der Waals surface area contributed by atoms with Gasteiger partial charge in [-0.2, -0.15) is 0 Å². The average molecular weight is 220 g/mol. The summed E-state index contributed by atoms with van der Waals surface area (Å²) >= 11 is 0. The molecule has 0 aromatic rings. The number of hydrogen-bond acceptors (Lipinski definition) is 6. The van der Waals surface area contributed by atoms with E-state index in [9.17, 15) is 9.90 Å². The van der Waals surface area contributed by atoms with Crippen molar-refractivity contribution in [3.8, 4) is 0 Å². The zero-order chi connectivity index (χ0) is 11.4. The Kier molecular flexibility index (Phi) is 4.46. The van der Waals surface area contributed by atoms with Gasteiger partial charge in [-0.15, -0.1) is 0 Å². The number of methoxy groups -OCH3 is 1. The van der Waals surface area contributed by atoms with Crippen molar-refractivity contribution in [1.82, 2.24) is 0 Å². The van der Waals surface area contributed by atoms with E-state index >= 15 is 0 Å². The fourth-order valence-corrected chi connectivity index (χ4v) is 1.53. The van der Waals surface area contributed by atoms with Crippen LogP contribution in [-0.4, -0.2) is 60.9 Å². The van der Waals surface area contributed by atoms with Crippen LogP contribution in [0.1, 0.15) is 6.92 Å². The topological polar surface area (TPSA) is 85.2 Å². The molecule has 1 rings (SSSR count). The highest BCUT2D eigenvalue weighted by atomic mass is 16.6. The van der Waals surface area contributed by atoms with Gasteiger partial charge in [-0.1, -0.05) is 0 Å². The molecule has 0 aromatic carbocycles. The minimum absolute atomic E-state index is 0.232. The second-order valence-corrected chi connectivity index (χ2v) is 3.40. The van der Waals surface area contributed by atoms with Crippen molar-refractivity contribution in [2.45, 2.75) is 31.3 Å². The second-order valence-electron chi connectivity index (χ2n) is 3.40. The molecule has 0 amide bonds. The summed E-state index contributed by atoms with van der Waals surface area (Å²) in [4.78, 5) is 10.8. The van der Waals surface area contributed by atoms with Crippen LogP contribution in [0.5, 0.6) is 0 Å². The van der Waals surface area contributed by atoms with Crippen LogP contribution in [0, 0.1) is 0 Å². The van der Waals surface area contributed by atoms with E-state index < -0.39 is 24.3 Å². The third-order valence-electron chi connectivity index (χ3n) is 2.37. The minimum Gasteiger partial charge on any atom is -0.467 e. The Morgan fingerprint density at radius 2 is 2.20 bits per heavy atom. The zero-order valence-corrected chi connectivity index (χ0v) is 8.75. The smallest absolute Gasteiger partial charge is 0.331 e. The summed E-state index contributed by atoms with van der Waals surface area (Å²) < 4.78 is 14.8. The Balaban J connectivity index is 2.44. The van der Waals surface area contributed by atoms with Crippen molar-refractivity contribution in [2.24, 2.45) is 0 Å². The molecule has 0 aliphatic carbocycles. The summed E-state index contributed by atoms with van der Waals surface area (Å²) in [5, 5.41) is 18.5. The van der Waals surface area contributed by atoms with Gasteiger partial charge in [0.1, 0.15) is 24.9 Å². The molecule has 4 atom stereocenters. The first-order chi connectivity index (χ1) is 7.10. The van der Waals surface area contributed by atoms with E-state index in [1.807, 2.05) is 0 Å². The van der Waals surface area contributed by atoms with Gasteiger partial charge in [-0.3, -0.25) is 0 Å². The molecule has 0 aromatic heterocycles. The molecule has 15 heavy (non-hydrogen) atoms. The van der Waals surface area contributed by atoms with Crippen molar-refractivity contribution < 1.29 is 29.2 Å². The van der Waals surface area contributed by atoms with Crippen LogP contribution >= 0.6 is 0 Å². The lowest BCUT2D eigenvalue weighted by Gasteiger charge is -2.17. The number of aliphatic hydroxyl groups excluding tert-OH is 2. The molecule has 0 saturated carbocycles. The van der Waals surface area contributed by atoms with Gasteiger partial charge < -0.3 is 24.4 Å². The van der Waals surface area contributed by atoms with Gasteiger partial charge in [-0.25, -0.2) is 4.79 Å². The van der Waals surface area contributed by atoms with E-state index in [0.29, 0.717) is 0 Å². The second kappa shape index (κ2) is 5.41. The van der Waals surface area contributed by atoms with Gasteiger partial charge in [0, 0.05) is 0 Å². The van der Waals surface area contributed by atoms with E-state index in [4.69, 9.17) is 14.6 Å². The van der Waals surface area contributed by atoms with E-state index in [1.54, 1.807) is 6.92 Å². The van der Waals surface area contributed by atoms with Crippen LogP contribution < -0.4 is 0 Å². The summed E-state index contributed by atoms with van der Waals surface area (Å²) in [5.74, 6) is -0.512. The van der Waals surface area contributed by atoms with Gasteiger partial charge in [-0.05, 0) is 6.92 Å². The molecule has 0 spiro atoms. The maximum Gasteiger partial charge on any atom is 0.331 e. The van der Waals surface area contributed by atoms with Gasteiger partial charge in [0.15, 0.2) is 0 Å². The first-order valence-electron chi connectivity index (χ1n) is 4.73. The molecule has 1 fully saturated rings. The molecule has 1 heterocycles. The molecular weight excluding hydrogens is 204 g/mol. The predicted octanol–water partition coefficient (Wildman–Crippen LogP) is -1.31. The van der Waals surface area contributed by atoms with E-state index in [1.165, 1.54) is 7.11 Å². The molecule has 6 heteroatoms. The predicted molar refractivity (Wildman–Crippen MR) is 49.2 cm³/mol. The third-order valence-corrected chi connectivity index (χ3v) is 2.37. The van der Waals surface area contributed by atoms with Gasteiger partial charge in [0.25, 0.3) is 0 Å². The summed E-state index contributed by atoms with van der Waals surface area (Å²) in [7, 11) is 1.26. The molecule has 2 unspecified atom stereocenters. The molecule has 0 radical (unpaired) electrons. The normalized spacial score (nSPS) is 35.5. The Hall–Kier alpha value is -0.690. The first-order valence-corrected chi connectivity index (χ1v) is 4.73. The zero-order valence-electron chi connectivity index (χ0n) is 8.75. The molecule has 1 aliphatic rings. The summed E-state index contributed by atoms with van der Waals surface area (Å²) in [5.41, 5.74) is 0. The van der Waals surface area contributed by atoms with Crippen LogP contribution in [0.25, 0.3) is 0 Å². The Labute approximate surface area is 87.7 Å². The highest BCUT2D eigenvalue weighted by Crippen LogP contribution is 2.23.